The minimum Gasteiger partial charge on any atom is -0.493 e. The third-order valence-corrected chi connectivity index (χ3v) is 4.68. The van der Waals surface area contributed by atoms with Gasteiger partial charge in [-0.2, -0.15) is 0 Å². The molecule has 0 spiro atoms. The van der Waals surface area contributed by atoms with Gasteiger partial charge in [0.1, 0.15) is 11.9 Å². The lowest BCUT2D eigenvalue weighted by atomic mass is 10.1. The molecular weight excluding hydrogens is 344 g/mol. The molecule has 144 valence electrons. The zero-order valence-corrected chi connectivity index (χ0v) is 15.9. The van der Waals surface area contributed by atoms with Crippen molar-refractivity contribution in [2.75, 3.05) is 33.4 Å². The summed E-state index contributed by atoms with van der Waals surface area (Å²) in [6.45, 7) is 5.75. The summed E-state index contributed by atoms with van der Waals surface area (Å²) >= 11 is 0. The normalized spacial score (nSPS) is 16.8. The molecule has 0 bridgehead atoms. The number of hydrogen-bond donors (Lipinski definition) is 1. The van der Waals surface area contributed by atoms with Crippen molar-refractivity contribution in [3.05, 3.63) is 54.6 Å². The molecule has 1 atom stereocenters. The van der Waals surface area contributed by atoms with Crippen molar-refractivity contribution in [2.24, 2.45) is 7.05 Å². The molecule has 1 saturated heterocycles. The maximum atomic E-state index is 12.8. The Morgan fingerprint density at radius 1 is 1.44 bits per heavy atom. The third-order valence-electron chi connectivity index (χ3n) is 4.68. The average molecular weight is 370 g/mol. The van der Waals surface area contributed by atoms with Gasteiger partial charge in [0.15, 0.2) is 18.1 Å². The van der Waals surface area contributed by atoms with Crippen LogP contribution in [0.3, 0.4) is 0 Å². The van der Waals surface area contributed by atoms with Crippen molar-refractivity contribution in [1.82, 2.24) is 19.8 Å². The highest BCUT2D eigenvalue weighted by atomic mass is 16.5. The number of rotatable bonds is 7. The molecule has 27 heavy (non-hydrogen) atoms. The Labute approximate surface area is 159 Å². The first kappa shape index (κ1) is 19.0. The summed E-state index contributed by atoms with van der Waals surface area (Å²) < 4.78 is 13.1. The van der Waals surface area contributed by atoms with E-state index >= 15 is 0 Å². The highest BCUT2D eigenvalue weighted by Gasteiger charge is 2.30. The van der Waals surface area contributed by atoms with Gasteiger partial charge >= 0.3 is 0 Å². The highest BCUT2D eigenvalue weighted by molar-refractivity contribution is 5.78. The van der Waals surface area contributed by atoms with Crippen molar-refractivity contribution in [1.29, 1.82) is 0 Å². The number of carbonyl (C=O) groups is 1. The van der Waals surface area contributed by atoms with E-state index in [0.717, 1.165) is 24.4 Å². The lowest BCUT2D eigenvalue weighted by Crippen LogP contribution is -2.50. The van der Waals surface area contributed by atoms with E-state index < -0.39 is 0 Å². The molecule has 2 aromatic rings. The van der Waals surface area contributed by atoms with Gasteiger partial charge in [-0.3, -0.25) is 4.79 Å². The Hall–Kier alpha value is -2.80. The van der Waals surface area contributed by atoms with Gasteiger partial charge in [-0.25, -0.2) is 4.98 Å². The Bertz CT molecular complexity index is 802. The Morgan fingerprint density at radius 2 is 2.30 bits per heavy atom. The molecule has 1 aliphatic heterocycles. The quantitative estimate of drug-likeness (QED) is 0.752. The summed E-state index contributed by atoms with van der Waals surface area (Å²) in [7, 11) is 3.53. The number of benzene rings is 1. The number of nitrogens with one attached hydrogen (secondary N) is 1. The van der Waals surface area contributed by atoms with Crippen LogP contribution >= 0.6 is 0 Å². The van der Waals surface area contributed by atoms with Crippen LogP contribution in [0.4, 0.5) is 0 Å². The van der Waals surface area contributed by atoms with Crippen LogP contribution in [0, 0.1) is 0 Å². The van der Waals surface area contributed by atoms with E-state index in [1.165, 1.54) is 0 Å². The number of carbonyl (C=O) groups excluding carboxylic acids is 1. The fourth-order valence-corrected chi connectivity index (χ4v) is 3.28. The van der Waals surface area contributed by atoms with E-state index in [-0.39, 0.29) is 18.6 Å². The van der Waals surface area contributed by atoms with Crippen molar-refractivity contribution in [3.63, 3.8) is 0 Å². The fraction of sp³-hybridized carbons (Fsp3) is 0.400. The van der Waals surface area contributed by atoms with Crippen LogP contribution in [-0.2, 0) is 18.3 Å². The van der Waals surface area contributed by atoms with Crippen LogP contribution < -0.4 is 14.8 Å². The van der Waals surface area contributed by atoms with Crippen LogP contribution in [0.2, 0.25) is 0 Å². The molecule has 0 radical (unpaired) electrons. The number of aryl methyl sites for hydroxylation is 1. The van der Waals surface area contributed by atoms with Crippen LogP contribution in [0.1, 0.15) is 17.4 Å². The van der Waals surface area contributed by atoms with E-state index in [9.17, 15) is 4.79 Å². The average Bonchev–Trinajstić information content (AvgIpc) is 3.12. The second-order valence-electron chi connectivity index (χ2n) is 6.47. The Balaban J connectivity index is 1.69. The van der Waals surface area contributed by atoms with E-state index in [1.54, 1.807) is 13.3 Å². The van der Waals surface area contributed by atoms with Crippen molar-refractivity contribution >= 4 is 5.91 Å². The summed E-state index contributed by atoms with van der Waals surface area (Å²) in [5.41, 5.74) is 1.08. The largest absolute Gasteiger partial charge is 0.493 e. The number of aromatic nitrogens is 2. The number of imidazole rings is 1. The van der Waals surface area contributed by atoms with Gasteiger partial charge in [0.05, 0.1) is 7.11 Å². The second kappa shape index (κ2) is 8.73. The summed E-state index contributed by atoms with van der Waals surface area (Å²) in [6.07, 6.45) is 6.22. The summed E-state index contributed by atoms with van der Waals surface area (Å²) in [5, 5.41) is 3.33. The van der Waals surface area contributed by atoms with Crippen molar-refractivity contribution in [2.45, 2.75) is 12.5 Å². The molecule has 1 fully saturated rings. The monoisotopic (exact) mass is 370 g/mol. The number of piperazine rings is 1. The molecule has 1 aromatic carbocycles. The van der Waals surface area contributed by atoms with E-state index in [4.69, 9.17) is 9.47 Å². The van der Waals surface area contributed by atoms with Gasteiger partial charge in [-0.05, 0) is 24.1 Å². The molecular formula is C20H26N4O3. The van der Waals surface area contributed by atoms with Gasteiger partial charge in [-0.15, -0.1) is 6.58 Å². The maximum Gasteiger partial charge on any atom is 0.261 e. The van der Waals surface area contributed by atoms with Gasteiger partial charge < -0.3 is 24.3 Å². The van der Waals surface area contributed by atoms with E-state index in [0.29, 0.717) is 24.6 Å². The predicted octanol–water partition coefficient (Wildman–Crippen LogP) is 1.71. The predicted molar refractivity (Wildman–Crippen MR) is 103 cm³/mol. The first-order valence-electron chi connectivity index (χ1n) is 9.02. The number of amides is 1. The zero-order chi connectivity index (χ0) is 19.2. The Morgan fingerprint density at radius 3 is 3.00 bits per heavy atom. The number of hydrogen-bond acceptors (Lipinski definition) is 5. The van der Waals surface area contributed by atoms with Gasteiger partial charge in [0.2, 0.25) is 0 Å². The lowest BCUT2D eigenvalue weighted by Gasteiger charge is -2.35. The molecule has 2 heterocycles. The van der Waals surface area contributed by atoms with E-state index in [1.807, 2.05) is 47.0 Å². The number of allylic oxidation sites excluding steroid dienone is 1. The van der Waals surface area contributed by atoms with Gasteiger partial charge in [0, 0.05) is 39.1 Å². The van der Waals surface area contributed by atoms with Gasteiger partial charge in [0.25, 0.3) is 5.91 Å². The Kier molecular flexibility index (Phi) is 6.13. The van der Waals surface area contributed by atoms with Crippen molar-refractivity contribution < 1.29 is 14.3 Å². The molecule has 1 amide bonds. The summed E-state index contributed by atoms with van der Waals surface area (Å²) in [5.74, 6) is 1.97. The first-order chi connectivity index (χ1) is 13.1. The molecule has 1 N–H and O–H groups in total. The molecule has 7 nitrogen and oxygen atoms in total. The smallest absolute Gasteiger partial charge is 0.261 e. The van der Waals surface area contributed by atoms with Crippen molar-refractivity contribution in [3.8, 4) is 11.5 Å². The molecule has 1 unspecified atom stereocenters. The van der Waals surface area contributed by atoms with Crippen LogP contribution in [0.15, 0.2) is 43.2 Å². The lowest BCUT2D eigenvalue weighted by molar-refractivity contribution is -0.137. The minimum absolute atomic E-state index is 0.0436. The number of methoxy groups -OCH3 is 1. The summed E-state index contributed by atoms with van der Waals surface area (Å²) in [6, 6.07) is 5.58. The maximum absolute atomic E-state index is 12.8. The molecule has 1 aliphatic rings. The molecule has 3 rings (SSSR count). The van der Waals surface area contributed by atoms with Crippen LogP contribution in [0.5, 0.6) is 11.5 Å². The molecule has 7 heteroatoms. The van der Waals surface area contributed by atoms with Crippen LogP contribution in [0.25, 0.3) is 0 Å². The second-order valence-corrected chi connectivity index (χ2v) is 6.47. The summed E-state index contributed by atoms with van der Waals surface area (Å²) in [4.78, 5) is 19.1. The molecule has 0 aliphatic carbocycles. The topological polar surface area (TPSA) is 68.6 Å². The van der Waals surface area contributed by atoms with E-state index in [2.05, 4.69) is 16.9 Å². The molecule has 0 saturated carbocycles. The number of nitrogens with zero attached hydrogens (tertiary/aromatic N) is 3. The first-order valence-corrected chi connectivity index (χ1v) is 9.02. The fourth-order valence-electron chi connectivity index (χ4n) is 3.28. The standard InChI is InChI=1S/C20H26N4O3/c1-4-5-15-6-7-17(18(12-15)26-3)27-14-19(25)24-11-8-21-13-16(24)20-22-9-10-23(20)2/h4,6-7,9-10,12,16,21H,1,5,8,11,13-14H2,2-3H3. The SMILES string of the molecule is C=CCc1ccc(OCC(=O)N2CCNCC2c2nccn2C)c(OC)c1. The zero-order valence-electron chi connectivity index (χ0n) is 15.9. The minimum atomic E-state index is -0.105. The third kappa shape index (κ3) is 4.31. The number of ether oxygens (including phenoxy) is 2. The van der Waals surface area contributed by atoms with Gasteiger partial charge in [-0.1, -0.05) is 12.1 Å². The van der Waals surface area contributed by atoms with Crippen LogP contribution in [-0.4, -0.2) is 53.7 Å². The molecule has 1 aromatic heterocycles. The highest BCUT2D eigenvalue weighted by Crippen LogP contribution is 2.29.